The molecule has 0 N–H and O–H groups in total. The van der Waals surface area contributed by atoms with Gasteiger partial charge in [-0.05, 0) is 13.0 Å². The molecule has 0 saturated carbocycles. The molecule has 2 heterocycles. The summed E-state index contributed by atoms with van der Waals surface area (Å²) in [5.74, 6) is 0.471. The summed E-state index contributed by atoms with van der Waals surface area (Å²) in [4.78, 5) is 12.1. The standard InChI is InChI=1S/C11H7ClN6/c1-7-2-10(12)17-11(16-7)5-18-6-15-8(3-13)9(18)4-14/h2,6H,5H2,1H3. The number of halogens is 1. The number of rotatable bonds is 2. The van der Waals surface area contributed by atoms with E-state index in [9.17, 15) is 0 Å². The highest BCUT2D eigenvalue weighted by molar-refractivity contribution is 6.29. The number of aryl methyl sites for hydroxylation is 1. The summed E-state index contributed by atoms with van der Waals surface area (Å²) in [5, 5.41) is 18.1. The topological polar surface area (TPSA) is 91.2 Å². The molecule has 0 spiro atoms. The van der Waals surface area contributed by atoms with Crippen molar-refractivity contribution in [1.82, 2.24) is 19.5 Å². The van der Waals surface area contributed by atoms with Gasteiger partial charge in [-0.1, -0.05) is 11.6 Å². The molecule has 0 atom stereocenters. The fourth-order valence-electron chi connectivity index (χ4n) is 1.51. The molecule has 2 rings (SSSR count). The third-order valence-corrected chi connectivity index (χ3v) is 2.42. The van der Waals surface area contributed by atoms with Crippen molar-refractivity contribution >= 4 is 11.6 Å². The Kier molecular flexibility index (Phi) is 3.22. The molecule has 0 bridgehead atoms. The molecule has 2 aromatic heterocycles. The average molecular weight is 259 g/mol. The van der Waals surface area contributed by atoms with Gasteiger partial charge in [0.25, 0.3) is 0 Å². The fraction of sp³-hybridized carbons (Fsp3) is 0.182. The van der Waals surface area contributed by atoms with Crippen molar-refractivity contribution < 1.29 is 0 Å². The molecule has 6 nitrogen and oxygen atoms in total. The lowest BCUT2D eigenvalue weighted by Gasteiger charge is -2.04. The summed E-state index contributed by atoms with van der Waals surface area (Å²) < 4.78 is 1.52. The van der Waals surface area contributed by atoms with E-state index in [0.717, 1.165) is 5.69 Å². The molecular formula is C11H7ClN6. The summed E-state index contributed by atoms with van der Waals surface area (Å²) in [6, 6.07) is 5.43. The zero-order chi connectivity index (χ0) is 13.1. The van der Waals surface area contributed by atoms with Gasteiger partial charge in [0.05, 0.1) is 12.9 Å². The molecular weight excluding hydrogens is 252 g/mol. The van der Waals surface area contributed by atoms with Crippen molar-refractivity contribution in [1.29, 1.82) is 10.5 Å². The maximum atomic E-state index is 8.98. The molecule has 0 saturated heterocycles. The average Bonchev–Trinajstić information content (AvgIpc) is 2.69. The number of aromatic nitrogens is 4. The van der Waals surface area contributed by atoms with Crippen molar-refractivity contribution in [3.05, 3.63) is 40.5 Å². The van der Waals surface area contributed by atoms with Gasteiger partial charge < -0.3 is 4.57 Å². The number of hydrogen-bond donors (Lipinski definition) is 0. The van der Waals surface area contributed by atoms with E-state index in [1.54, 1.807) is 13.0 Å². The van der Waals surface area contributed by atoms with Gasteiger partial charge in [-0.2, -0.15) is 10.5 Å². The zero-order valence-corrected chi connectivity index (χ0v) is 10.2. The lowest BCUT2D eigenvalue weighted by molar-refractivity contribution is 0.730. The quantitative estimate of drug-likeness (QED) is 0.760. The first-order valence-electron chi connectivity index (χ1n) is 4.99. The number of imidazole rings is 1. The molecule has 0 unspecified atom stereocenters. The monoisotopic (exact) mass is 258 g/mol. The van der Waals surface area contributed by atoms with Gasteiger partial charge in [0.2, 0.25) is 0 Å². The smallest absolute Gasteiger partial charge is 0.176 e. The van der Waals surface area contributed by atoms with Crippen LogP contribution >= 0.6 is 11.6 Å². The minimum absolute atomic E-state index is 0.0938. The van der Waals surface area contributed by atoms with Gasteiger partial charge in [-0.3, -0.25) is 0 Å². The predicted molar refractivity (Wildman–Crippen MR) is 62.5 cm³/mol. The van der Waals surface area contributed by atoms with E-state index in [0.29, 0.717) is 11.0 Å². The van der Waals surface area contributed by atoms with E-state index < -0.39 is 0 Å². The predicted octanol–water partition coefficient (Wildman–Crippen LogP) is 1.43. The van der Waals surface area contributed by atoms with Crippen LogP contribution in [0.2, 0.25) is 5.15 Å². The minimum Gasteiger partial charge on any atom is -0.314 e. The van der Waals surface area contributed by atoms with Crippen LogP contribution in [0, 0.1) is 29.6 Å². The van der Waals surface area contributed by atoms with Crippen LogP contribution in [-0.4, -0.2) is 19.5 Å². The van der Waals surface area contributed by atoms with Gasteiger partial charge in [-0.15, -0.1) is 0 Å². The Labute approximate surface area is 108 Å². The SMILES string of the molecule is Cc1cc(Cl)nc(Cn2cnc(C#N)c2C#N)n1. The summed E-state index contributed by atoms with van der Waals surface area (Å²) in [6.45, 7) is 2.05. The van der Waals surface area contributed by atoms with Crippen LogP contribution in [0.25, 0.3) is 0 Å². The van der Waals surface area contributed by atoms with Gasteiger partial charge in [0, 0.05) is 5.69 Å². The van der Waals surface area contributed by atoms with E-state index in [-0.39, 0.29) is 17.9 Å². The Morgan fingerprint density at radius 2 is 2.11 bits per heavy atom. The first-order chi connectivity index (χ1) is 8.63. The molecule has 88 valence electrons. The second kappa shape index (κ2) is 4.82. The normalized spacial score (nSPS) is 9.78. The van der Waals surface area contributed by atoms with Gasteiger partial charge in [0.15, 0.2) is 11.4 Å². The van der Waals surface area contributed by atoms with Crippen molar-refractivity contribution in [3.8, 4) is 12.1 Å². The molecule has 0 aliphatic rings. The molecule has 0 radical (unpaired) electrons. The maximum Gasteiger partial charge on any atom is 0.176 e. The van der Waals surface area contributed by atoms with E-state index in [2.05, 4.69) is 15.0 Å². The summed E-state index contributed by atoms with van der Waals surface area (Å²) in [6.07, 6.45) is 1.41. The van der Waals surface area contributed by atoms with Crippen LogP contribution in [0.5, 0.6) is 0 Å². The molecule has 0 fully saturated rings. The Hall–Kier alpha value is -2.44. The Morgan fingerprint density at radius 1 is 1.33 bits per heavy atom. The summed E-state index contributed by atoms with van der Waals surface area (Å²) >= 11 is 5.83. The van der Waals surface area contributed by atoms with E-state index in [1.807, 2.05) is 12.1 Å². The molecule has 0 amide bonds. The van der Waals surface area contributed by atoms with Gasteiger partial charge >= 0.3 is 0 Å². The third kappa shape index (κ3) is 2.29. The van der Waals surface area contributed by atoms with Gasteiger partial charge in [0.1, 0.15) is 23.1 Å². The second-order valence-electron chi connectivity index (χ2n) is 3.54. The highest BCUT2D eigenvalue weighted by Gasteiger charge is 2.11. The second-order valence-corrected chi connectivity index (χ2v) is 3.93. The number of nitrogens with zero attached hydrogens (tertiary/aromatic N) is 6. The largest absolute Gasteiger partial charge is 0.314 e. The number of hydrogen-bond acceptors (Lipinski definition) is 5. The fourth-order valence-corrected chi connectivity index (χ4v) is 1.77. The van der Waals surface area contributed by atoms with Crippen molar-refractivity contribution in [2.75, 3.05) is 0 Å². The molecule has 7 heteroatoms. The minimum atomic E-state index is 0.0938. The molecule has 18 heavy (non-hydrogen) atoms. The van der Waals surface area contributed by atoms with Crippen molar-refractivity contribution in [2.24, 2.45) is 0 Å². The summed E-state index contributed by atoms with van der Waals surface area (Å²) in [5.41, 5.74) is 1.03. The van der Waals surface area contributed by atoms with E-state index in [1.165, 1.54) is 10.9 Å². The van der Waals surface area contributed by atoms with E-state index in [4.69, 9.17) is 22.1 Å². The molecule has 0 aliphatic carbocycles. The van der Waals surface area contributed by atoms with Crippen LogP contribution < -0.4 is 0 Å². The molecule has 0 aliphatic heterocycles. The van der Waals surface area contributed by atoms with Crippen LogP contribution in [0.15, 0.2) is 12.4 Å². The highest BCUT2D eigenvalue weighted by Crippen LogP contribution is 2.10. The van der Waals surface area contributed by atoms with Crippen LogP contribution in [0.3, 0.4) is 0 Å². The molecule has 2 aromatic rings. The number of nitriles is 2. The third-order valence-electron chi connectivity index (χ3n) is 2.23. The first kappa shape index (κ1) is 12.0. The van der Waals surface area contributed by atoms with Crippen LogP contribution in [-0.2, 0) is 6.54 Å². The Balaban J connectivity index is 2.38. The zero-order valence-electron chi connectivity index (χ0n) is 9.42. The Bertz CT molecular complexity index is 656. The van der Waals surface area contributed by atoms with Crippen molar-refractivity contribution in [2.45, 2.75) is 13.5 Å². The lowest BCUT2D eigenvalue weighted by Crippen LogP contribution is -2.06. The van der Waals surface area contributed by atoms with Crippen LogP contribution in [0.4, 0.5) is 0 Å². The van der Waals surface area contributed by atoms with E-state index >= 15 is 0 Å². The lowest BCUT2D eigenvalue weighted by atomic mass is 10.3. The maximum absolute atomic E-state index is 8.98. The molecule has 0 aromatic carbocycles. The summed E-state index contributed by atoms with van der Waals surface area (Å²) in [7, 11) is 0. The highest BCUT2D eigenvalue weighted by atomic mass is 35.5. The van der Waals surface area contributed by atoms with Crippen molar-refractivity contribution in [3.63, 3.8) is 0 Å². The van der Waals surface area contributed by atoms with Crippen LogP contribution in [0.1, 0.15) is 22.9 Å². The first-order valence-corrected chi connectivity index (χ1v) is 5.37. The van der Waals surface area contributed by atoms with Gasteiger partial charge in [-0.25, -0.2) is 15.0 Å². The Morgan fingerprint density at radius 3 is 2.72 bits per heavy atom.